The summed E-state index contributed by atoms with van der Waals surface area (Å²) in [5.74, 6) is 0.278. The fraction of sp³-hybridized carbons (Fsp3) is 0.375. The number of nitrogens with zero attached hydrogens (tertiary/aromatic N) is 3. The number of hydrogen-bond acceptors (Lipinski definition) is 5. The molecule has 0 unspecified atom stereocenters. The first-order chi connectivity index (χ1) is 14.7. The predicted molar refractivity (Wildman–Crippen MR) is 116 cm³/mol. The quantitative estimate of drug-likeness (QED) is 0.648. The van der Waals surface area contributed by atoms with Crippen LogP contribution in [0.2, 0.25) is 0 Å². The van der Waals surface area contributed by atoms with Gasteiger partial charge in [0.2, 0.25) is 0 Å². The maximum absolute atomic E-state index is 14.4. The number of aliphatic hydroxyl groups is 1. The molecule has 1 saturated heterocycles. The summed E-state index contributed by atoms with van der Waals surface area (Å²) in [7, 11) is 1.54. The summed E-state index contributed by atoms with van der Waals surface area (Å²) < 4.78 is 19.5. The Labute approximate surface area is 176 Å². The third-order valence-corrected chi connectivity index (χ3v) is 5.91. The highest BCUT2D eigenvalue weighted by Crippen LogP contribution is 2.24. The van der Waals surface area contributed by atoms with E-state index in [0.29, 0.717) is 24.3 Å². The molecule has 158 valence electrons. The van der Waals surface area contributed by atoms with Gasteiger partial charge in [0.15, 0.2) is 0 Å². The lowest BCUT2D eigenvalue weighted by Gasteiger charge is -2.41. The van der Waals surface area contributed by atoms with Gasteiger partial charge in [0, 0.05) is 68.6 Å². The van der Waals surface area contributed by atoms with Crippen LogP contribution in [0, 0.1) is 5.82 Å². The Bertz CT molecular complexity index is 992. The smallest absolute Gasteiger partial charge is 0.131 e. The maximum atomic E-state index is 14.4. The van der Waals surface area contributed by atoms with Crippen LogP contribution in [0.25, 0.3) is 10.9 Å². The molecule has 1 atom stereocenters. The highest BCUT2D eigenvalue weighted by molar-refractivity contribution is 5.81. The molecule has 1 aliphatic heterocycles. The molecular formula is C24H28FN3O2. The van der Waals surface area contributed by atoms with Crippen molar-refractivity contribution < 1.29 is 14.2 Å². The number of ether oxygens (including phenoxy) is 1. The standard InChI is InChI=1S/C24H28FN3O2/c1-30-21-8-7-19(23(25)14-21)16-28-12-11-27(17-20(28)9-13-29)15-18-4-2-6-24-22(18)5-3-10-26-24/h2-8,10,14,20,29H,9,11-13,15-17H2,1H3/t20-/m0/s1. The summed E-state index contributed by atoms with van der Waals surface area (Å²) in [6.45, 7) is 4.07. The van der Waals surface area contributed by atoms with E-state index in [2.05, 4.69) is 33.0 Å². The number of fused-ring (bicyclic) bond motifs is 1. The van der Waals surface area contributed by atoms with E-state index in [1.807, 2.05) is 18.3 Å². The van der Waals surface area contributed by atoms with Crippen molar-refractivity contribution in [3.63, 3.8) is 0 Å². The summed E-state index contributed by atoms with van der Waals surface area (Å²) >= 11 is 0. The Kier molecular flexibility index (Phi) is 6.57. The van der Waals surface area contributed by atoms with Crippen LogP contribution in [0.3, 0.4) is 0 Å². The minimum absolute atomic E-state index is 0.123. The number of hydrogen-bond donors (Lipinski definition) is 1. The normalized spacial score (nSPS) is 18.0. The van der Waals surface area contributed by atoms with E-state index in [1.165, 1.54) is 24.1 Å². The molecule has 6 heteroatoms. The van der Waals surface area contributed by atoms with Gasteiger partial charge in [-0.3, -0.25) is 14.8 Å². The van der Waals surface area contributed by atoms with Gasteiger partial charge < -0.3 is 9.84 Å². The van der Waals surface area contributed by atoms with Crippen molar-refractivity contribution in [2.24, 2.45) is 0 Å². The molecular weight excluding hydrogens is 381 g/mol. The van der Waals surface area contributed by atoms with Crippen molar-refractivity contribution >= 4 is 10.9 Å². The molecule has 30 heavy (non-hydrogen) atoms. The molecule has 0 aliphatic carbocycles. The molecule has 0 spiro atoms. The van der Waals surface area contributed by atoms with Crippen molar-refractivity contribution in [1.82, 2.24) is 14.8 Å². The van der Waals surface area contributed by atoms with Gasteiger partial charge in [-0.05, 0) is 30.2 Å². The Morgan fingerprint density at radius 3 is 2.80 bits per heavy atom. The monoisotopic (exact) mass is 409 g/mol. The molecule has 2 aromatic carbocycles. The van der Waals surface area contributed by atoms with E-state index in [9.17, 15) is 9.50 Å². The predicted octanol–water partition coefficient (Wildman–Crippen LogP) is 3.45. The average Bonchev–Trinajstić information content (AvgIpc) is 2.77. The lowest BCUT2D eigenvalue weighted by atomic mass is 10.0. The second-order valence-corrected chi connectivity index (χ2v) is 7.82. The minimum atomic E-state index is -0.247. The second-order valence-electron chi connectivity index (χ2n) is 7.82. The lowest BCUT2D eigenvalue weighted by molar-refractivity contribution is 0.0495. The van der Waals surface area contributed by atoms with Crippen LogP contribution >= 0.6 is 0 Å². The van der Waals surface area contributed by atoms with Crippen molar-refractivity contribution in [1.29, 1.82) is 0 Å². The van der Waals surface area contributed by atoms with Crippen molar-refractivity contribution in [3.05, 3.63) is 71.7 Å². The van der Waals surface area contributed by atoms with Crippen LogP contribution in [0.5, 0.6) is 5.75 Å². The number of rotatable bonds is 7. The Morgan fingerprint density at radius 2 is 2.00 bits per heavy atom. The van der Waals surface area contributed by atoms with Crippen LogP contribution in [0.15, 0.2) is 54.7 Å². The Balaban J connectivity index is 1.46. The van der Waals surface area contributed by atoms with E-state index in [0.717, 1.165) is 31.7 Å². The third kappa shape index (κ3) is 4.61. The number of aromatic nitrogens is 1. The molecule has 1 fully saturated rings. The molecule has 4 rings (SSSR count). The lowest BCUT2D eigenvalue weighted by Crippen LogP contribution is -2.52. The molecule has 0 radical (unpaired) electrons. The summed E-state index contributed by atoms with van der Waals surface area (Å²) in [5.41, 5.74) is 2.93. The Morgan fingerprint density at radius 1 is 1.10 bits per heavy atom. The summed E-state index contributed by atoms with van der Waals surface area (Å²) in [4.78, 5) is 9.15. The van der Waals surface area contributed by atoms with E-state index in [4.69, 9.17) is 4.74 Å². The highest BCUT2D eigenvalue weighted by atomic mass is 19.1. The van der Waals surface area contributed by atoms with Gasteiger partial charge in [-0.1, -0.05) is 24.3 Å². The van der Waals surface area contributed by atoms with Gasteiger partial charge in [0.05, 0.1) is 12.6 Å². The molecule has 5 nitrogen and oxygen atoms in total. The van der Waals surface area contributed by atoms with E-state index >= 15 is 0 Å². The van der Waals surface area contributed by atoms with Gasteiger partial charge in [0.25, 0.3) is 0 Å². The molecule has 2 heterocycles. The number of piperazine rings is 1. The van der Waals surface area contributed by atoms with Gasteiger partial charge in [-0.25, -0.2) is 4.39 Å². The van der Waals surface area contributed by atoms with Crippen LogP contribution in [0.1, 0.15) is 17.5 Å². The van der Waals surface area contributed by atoms with E-state index < -0.39 is 0 Å². The van der Waals surface area contributed by atoms with Crippen molar-refractivity contribution in [2.75, 3.05) is 33.4 Å². The summed E-state index contributed by atoms with van der Waals surface area (Å²) in [6.07, 6.45) is 2.49. The first kappa shape index (κ1) is 20.7. The molecule has 1 aliphatic rings. The summed E-state index contributed by atoms with van der Waals surface area (Å²) in [6, 6.07) is 15.5. The molecule has 1 aromatic heterocycles. The molecule has 0 amide bonds. The van der Waals surface area contributed by atoms with E-state index in [-0.39, 0.29) is 18.5 Å². The zero-order valence-electron chi connectivity index (χ0n) is 17.3. The van der Waals surface area contributed by atoms with Gasteiger partial charge in [-0.15, -0.1) is 0 Å². The van der Waals surface area contributed by atoms with Crippen LogP contribution in [-0.4, -0.2) is 59.3 Å². The largest absolute Gasteiger partial charge is 0.497 e. The molecule has 1 N–H and O–H groups in total. The maximum Gasteiger partial charge on any atom is 0.131 e. The third-order valence-electron chi connectivity index (χ3n) is 5.91. The van der Waals surface area contributed by atoms with Gasteiger partial charge >= 0.3 is 0 Å². The van der Waals surface area contributed by atoms with Crippen LogP contribution < -0.4 is 4.74 Å². The van der Waals surface area contributed by atoms with E-state index in [1.54, 1.807) is 12.1 Å². The SMILES string of the molecule is COc1ccc(CN2CCN(Cc3cccc4ncccc34)C[C@@H]2CCO)c(F)c1. The second kappa shape index (κ2) is 9.51. The average molecular weight is 410 g/mol. The molecule has 3 aromatic rings. The van der Waals surface area contributed by atoms with Crippen molar-refractivity contribution in [2.45, 2.75) is 25.6 Å². The topological polar surface area (TPSA) is 48.8 Å². The van der Waals surface area contributed by atoms with Crippen molar-refractivity contribution in [3.8, 4) is 5.75 Å². The number of pyridine rings is 1. The summed E-state index contributed by atoms with van der Waals surface area (Å²) in [5, 5.41) is 10.8. The fourth-order valence-electron chi connectivity index (χ4n) is 4.28. The zero-order valence-corrected chi connectivity index (χ0v) is 17.3. The first-order valence-corrected chi connectivity index (χ1v) is 10.4. The first-order valence-electron chi connectivity index (χ1n) is 10.4. The fourth-order valence-corrected chi connectivity index (χ4v) is 4.28. The van der Waals surface area contributed by atoms with Gasteiger partial charge in [0.1, 0.15) is 11.6 Å². The zero-order chi connectivity index (χ0) is 20.9. The molecule has 0 saturated carbocycles. The number of benzene rings is 2. The number of aliphatic hydroxyl groups excluding tert-OH is 1. The highest BCUT2D eigenvalue weighted by Gasteiger charge is 2.27. The number of halogens is 1. The van der Waals surface area contributed by atoms with Crippen LogP contribution in [-0.2, 0) is 13.1 Å². The van der Waals surface area contributed by atoms with Crippen LogP contribution in [0.4, 0.5) is 4.39 Å². The minimum Gasteiger partial charge on any atom is -0.497 e. The van der Waals surface area contributed by atoms with Gasteiger partial charge in [-0.2, -0.15) is 0 Å². The number of methoxy groups -OCH3 is 1. The molecule has 0 bridgehead atoms. The Hall–Kier alpha value is -2.54.